The van der Waals surface area contributed by atoms with Crippen LogP contribution in [0, 0.1) is 0 Å². The molecule has 0 unspecified atom stereocenters. The van der Waals surface area contributed by atoms with E-state index >= 15 is 0 Å². The second-order valence-corrected chi connectivity index (χ2v) is 3.53. The summed E-state index contributed by atoms with van der Waals surface area (Å²) in [6, 6.07) is 4.10. The van der Waals surface area contributed by atoms with E-state index in [2.05, 4.69) is 45.9 Å². The quantitative estimate of drug-likeness (QED) is 0.517. The first kappa shape index (κ1) is 12.4. The van der Waals surface area contributed by atoms with E-state index in [1.807, 2.05) is 6.07 Å². The Balaban J connectivity index is 0.00000121. The van der Waals surface area contributed by atoms with Crippen LogP contribution in [-0.4, -0.2) is 0 Å². The van der Waals surface area contributed by atoms with Crippen molar-refractivity contribution in [3.05, 3.63) is 29.0 Å². The summed E-state index contributed by atoms with van der Waals surface area (Å²) in [6.07, 6.45) is 6.71. The van der Waals surface area contributed by atoms with E-state index in [1.54, 1.807) is 0 Å². The van der Waals surface area contributed by atoms with Crippen molar-refractivity contribution in [2.24, 2.45) is 0 Å². The topological polar surface area (TPSA) is 3.88 Å². The summed E-state index contributed by atoms with van der Waals surface area (Å²) in [5, 5.41) is 0. The van der Waals surface area contributed by atoms with Gasteiger partial charge in [0.2, 0.25) is 0 Å². The maximum atomic E-state index is 3.43. The van der Waals surface area contributed by atoms with Crippen LogP contribution in [0.5, 0.6) is 0 Å². The van der Waals surface area contributed by atoms with Crippen LogP contribution in [0.15, 0.2) is 29.0 Å². The van der Waals surface area contributed by atoms with Gasteiger partial charge in [0.1, 0.15) is 6.54 Å². The molecule has 0 N–H and O–H groups in total. The van der Waals surface area contributed by atoms with Gasteiger partial charge in [0.05, 0.1) is 4.47 Å². The number of halogens is 2. The Bertz CT molecular complexity index is 228. The average Bonchev–Trinajstić information content (AvgIpc) is 2.01. The van der Waals surface area contributed by atoms with Gasteiger partial charge >= 0.3 is 0 Å². The smallest absolute Gasteiger partial charge is 0.183 e. The fourth-order valence-corrected chi connectivity index (χ4v) is 1.39. The molecule has 0 aliphatic carbocycles. The maximum Gasteiger partial charge on any atom is 0.183 e. The fourth-order valence-electron chi connectivity index (χ4n) is 0.970. The Morgan fingerprint density at radius 2 is 2.25 bits per heavy atom. The third kappa shape index (κ3) is 4.40. The number of hydrogen-bond donors (Lipinski definition) is 0. The number of hydrogen-bond acceptors (Lipinski definition) is 0. The van der Waals surface area contributed by atoms with Crippen LogP contribution in [0.3, 0.4) is 0 Å². The molecule has 1 rings (SSSR count). The highest BCUT2D eigenvalue weighted by atomic mass is 127. The highest BCUT2D eigenvalue weighted by Gasteiger charge is 1.97. The average molecular weight is 342 g/mol. The molecule has 1 heterocycles. The fraction of sp³-hybridized carbons (Fsp3) is 0.444. The lowest BCUT2D eigenvalue weighted by atomic mass is 10.3. The molecule has 0 bridgehead atoms. The Kier molecular flexibility index (Phi) is 7.04. The first-order valence-corrected chi connectivity index (χ1v) is 4.77. The van der Waals surface area contributed by atoms with Crippen molar-refractivity contribution in [3.8, 4) is 0 Å². The lowest BCUT2D eigenvalue weighted by Gasteiger charge is -1.93. The van der Waals surface area contributed by atoms with Gasteiger partial charge < -0.3 is 24.0 Å². The van der Waals surface area contributed by atoms with E-state index in [9.17, 15) is 0 Å². The van der Waals surface area contributed by atoms with E-state index < -0.39 is 0 Å². The number of aryl methyl sites for hydroxylation is 1. The molecule has 0 aliphatic rings. The molecule has 0 saturated heterocycles. The molecule has 0 spiro atoms. The molecule has 0 atom stereocenters. The summed E-state index contributed by atoms with van der Waals surface area (Å²) in [7, 11) is 0. The van der Waals surface area contributed by atoms with Crippen molar-refractivity contribution in [2.75, 3.05) is 0 Å². The molecule has 0 aliphatic heterocycles. The second kappa shape index (κ2) is 6.83. The predicted molar refractivity (Wildman–Crippen MR) is 49.2 cm³/mol. The second-order valence-electron chi connectivity index (χ2n) is 2.61. The van der Waals surface area contributed by atoms with E-state index in [0.29, 0.717) is 0 Å². The van der Waals surface area contributed by atoms with Gasteiger partial charge in [-0.15, -0.1) is 0 Å². The monoisotopic (exact) mass is 341 g/mol. The van der Waals surface area contributed by atoms with E-state index in [0.717, 1.165) is 11.0 Å². The van der Waals surface area contributed by atoms with Gasteiger partial charge in [-0.3, -0.25) is 0 Å². The number of rotatable bonds is 3. The van der Waals surface area contributed by atoms with Gasteiger partial charge in [-0.25, -0.2) is 4.57 Å². The summed E-state index contributed by atoms with van der Waals surface area (Å²) >= 11 is 3.43. The Hall–Kier alpha value is 0.360. The van der Waals surface area contributed by atoms with Crippen LogP contribution in [0.1, 0.15) is 19.8 Å². The molecule has 0 aromatic carbocycles. The van der Waals surface area contributed by atoms with Gasteiger partial charge in [-0.05, 0) is 22.0 Å². The van der Waals surface area contributed by atoms with Gasteiger partial charge in [0.15, 0.2) is 12.4 Å². The SMILES string of the molecule is CCCC[n+]1cccc(Br)c1.[I-]. The number of pyridine rings is 1. The minimum Gasteiger partial charge on any atom is -1.00 e. The molecular formula is C9H13BrIN. The minimum atomic E-state index is 0. The van der Waals surface area contributed by atoms with Crippen molar-refractivity contribution >= 4 is 15.9 Å². The highest BCUT2D eigenvalue weighted by Crippen LogP contribution is 2.03. The molecule has 0 amide bonds. The summed E-state index contributed by atoms with van der Waals surface area (Å²) in [5.41, 5.74) is 0. The molecule has 12 heavy (non-hydrogen) atoms. The van der Waals surface area contributed by atoms with Crippen LogP contribution in [0.25, 0.3) is 0 Å². The summed E-state index contributed by atoms with van der Waals surface area (Å²) in [5.74, 6) is 0. The summed E-state index contributed by atoms with van der Waals surface area (Å²) < 4.78 is 3.35. The Morgan fingerprint density at radius 1 is 1.50 bits per heavy atom. The third-order valence-electron chi connectivity index (χ3n) is 1.59. The van der Waals surface area contributed by atoms with Crippen LogP contribution in [-0.2, 0) is 6.54 Å². The molecule has 1 aromatic heterocycles. The summed E-state index contributed by atoms with van der Waals surface area (Å²) in [4.78, 5) is 0. The van der Waals surface area contributed by atoms with Crippen molar-refractivity contribution in [1.29, 1.82) is 0 Å². The number of nitrogens with zero attached hydrogens (tertiary/aromatic N) is 1. The van der Waals surface area contributed by atoms with Crippen LogP contribution in [0.2, 0.25) is 0 Å². The Morgan fingerprint density at radius 3 is 2.83 bits per heavy atom. The molecule has 1 nitrogen and oxygen atoms in total. The maximum absolute atomic E-state index is 3.43. The van der Waals surface area contributed by atoms with Crippen molar-refractivity contribution < 1.29 is 28.5 Å². The van der Waals surface area contributed by atoms with Gasteiger partial charge in [-0.1, -0.05) is 13.3 Å². The van der Waals surface area contributed by atoms with Crippen molar-refractivity contribution in [2.45, 2.75) is 26.3 Å². The normalized spacial score (nSPS) is 9.17. The molecule has 0 radical (unpaired) electrons. The van der Waals surface area contributed by atoms with Crippen LogP contribution in [0.4, 0.5) is 0 Å². The molecular weight excluding hydrogens is 329 g/mol. The van der Waals surface area contributed by atoms with E-state index in [-0.39, 0.29) is 24.0 Å². The molecule has 0 saturated carbocycles. The minimum absolute atomic E-state index is 0. The third-order valence-corrected chi connectivity index (χ3v) is 2.06. The largest absolute Gasteiger partial charge is 1.00 e. The molecule has 68 valence electrons. The standard InChI is InChI=1S/C9H13BrN.HI/c1-2-3-6-11-7-4-5-9(10)8-11;/h4-5,7-8H,2-3,6H2,1H3;1H/q+1;/p-1. The van der Waals surface area contributed by atoms with E-state index in [4.69, 9.17) is 0 Å². The Labute approximate surface area is 99.3 Å². The van der Waals surface area contributed by atoms with Crippen molar-refractivity contribution in [1.82, 2.24) is 0 Å². The first-order valence-electron chi connectivity index (χ1n) is 3.97. The zero-order valence-electron chi connectivity index (χ0n) is 7.13. The lowest BCUT2D eigenvalue weighted by Crippen LogP contribution is -3.00. The molecule has 3 heteroatoms. The molecule has 0 fully saturated rings. The summed E-state index contributed by atoms with van der Waals surface area (Å²) in [6.45, 7) is 3.33. The lowest BCUT2D eigenvalue weighted by molar-refractivity contribution is -0.697. The molecule has 1 aromatic rings. The van der Waals surface area contributed by atoms with Crippen LogP contribution >= 0.6 is 15.9 Å². The van der Waals surface area contributed by atoms with Gasteiger partial charge in [0.25, 0.3) is 0 Å². The van der Waals surface area contributed by atoms with Crippen molar-refractivity contribution in [3.63, 3.8) is 0 Å². The first-order chi connectivity index (χ1) is 5.33. The highest BCUT2D eigenvalue weighted by molar-refractivity contribution is 9.10. The number of aromatic nitrogens is 1. The zero-order valence-corrected chi connectivity index (χ0v) is 10.9. The van der Waals surface area contributed by atoms with Gasteiger partial charge in [-0.2, -0.15) is 0 Å². The van der Waals surface area contributed by atoms with Crippen LogP contribution < -0.4 is 28.5 Å². The predicted octanol–water partition coefficient (Wildman–Crippen LogP) is -0.459. The van der Waals surface area contributed by atoms with Gasteiger partial charge in [0, 0.05) is 12.5 Å². The zero-order chi connectivity index (χ0) is 8.10. The van der Waals surface area contributed by atoms with E-state index in [1.165, 1.54) is 12.8 Å². The number of unbranched alkanes of at least 4 members (excludes halogenated alkanes) is 1.